The van der Waals surface area contributed by atoms with E-state index in [1.807, 2.05) is 11.3 Å². The van der Waals surface area contributed by atoms with E-state index in [1.54, 1.807) is 0 Å². The van der Waals surface area contributed by atoms with Gasteiger partial charge in [-0.2, -0.15) is 0 Å². The molecule has 0 aliphatic rings. The summed E-state index contributed by atoms with van der Waals surface area (Å²) in [5.74, 6) is 0.920. The van der Waals surface area contributed by atoms with Crippen LogP contribution in [-0.4, -0.2) is 0 Å². The van der Waals surface area contributed by atoms with E-state index >= 15 is 0 Å². The van der Waals surface area contributed by atoms with Crippen LogP contribution in [0.25, 0.3) is 97.0 Å². The molecule has 0 spiro atoms. The van der Waals surface area contributed by atoms with Crippen molar-refractivity contribution in [2.45, 2.75) is 0 Å². The molecule has 0 unspecified atom stereocenters. The number of fused-ring (bicyclic) bond motifs is 8. The quantitative estimate of drug-likeness (QED) is 0.183. The van der Waals surface area contributed by atoms with Gasteiger partial charge < -0.3 is 4.42 Å². The lowest BCUT2D eigenvalue weighted by Gasteiger charge is -2.17. The predicted molar refractivity (Wildman–Crippen MR) is 198 cm³/mol. The van der Waals surface area contributed by atoms with E-state index < -0.39 is 0 Å². The molecule has 10 aromatic rings. The summed E-state index contributed by atoms with van der Waals surface area (Å²) in [4.78, 5) is 0. The second kappa shape index (κ2) is 9.90. The monoisotopic (exact) mass is 602 g/mol. The minimum atomic E-state index is 0.916. The Morgan fingerprint density at radius 1 is 0.391 bits per heavy atom. The molecule has 214 valence electrons. The zero-order valence-electron chi connectivity index (χ0n) is 24.8. The molecule has 0 aliphatic carbocycles. The fraction of sp³-hybridized carbons (Fsp3) is 0. The van der Waals surface area contributed by atoms with Gasteiger partial charge in [0.15, 0.2) is 0 Å². The number of thiophene rings is 1. The van der Waals surface area contributed by atoms with Gasteiger partial charge in [-0.25, -0.2) is 0 Å². The minimum Gasteiger partial charge on any atom is -0.455 e. The summed E-state index contributed by atoms with van der Waals surface area (Å²) in [5.41, 5.74) is 6.84. The molecule has 0 fully saturated rings. The first-order chi connectivity index (χ1) is 22.8. The van der Waals surface area contributed by atoms with Gasteiger partial charge in [-0.3, -0.25) is 0 Å². The lowest BCUT2D eigenvalue weighted by molar-refractivity contribution is 0.634. The summed E-state index contributed by atoms with van der Waals surface area (Å²) in [5, 5.41) is 11.1. The van der Waals surface area contributed by atoms with Gasteiger partial charge in [0.25, 0.3) is 0 Å². The van der Waals surface area contributed by atoms with Crippen LogP contribution in [-0.2, 0) is 0 Å². The van der Waals surface area contributed by atoms with Gasteiger partial charge in [-0.15, -0.1) is 11.3 Å². The molecule has 10 rings (SSSR count). The number of hydrogen-bond donors (Lipinski definition) is 0. The first-order valence-corrected chi connectivity index (χ1v) is 16.5. The van der Waals surface area contributed by atoms with Gasteiger partial charge in [0.05, 0.1) is 0 Å². The second-order valence-electron chi connectivity index (χ2n) is 12.0. The van der Waals surface area contributed by atoms with Crippen LogP contribution in [0.15, 0.2) is 162 Å². The van der Waals surface area contributed by atoms with Crippen LogP contribution >= 0.6 is 11.3 Å². The Morgan fingerprint density at radius 2 is 1.00 bits per heavy atom. The van der Waals surface area contributed by atoms with Gasteiger partial charge in [0, 0.05) is 36.7 Å². The summed E-state index contributed by atoms with van der Waals surface area (Å²) in [6, 6.07) is 57.0. The van der Waals surface area contributed by atoms with Gasteiger partial charge in [-0.1, -0.05) is 133 Å². The predicted octanol–water partition coefficient (Wildman–Crippen LogP) is 13.3. The zero-order chi connectivity index (χ0) is 30.2. The molecule has 2 heterocycles. The van der Waals surface area contributed by atoms with Crippen molar-refractivity contribution in [3.63, 3.8) is 0 Å². The molecular weight excluding hydrogens is 577 g/mol. The third-order valence-electron chi connectivity index (χ3n) is 9.46. The van der Waals surface area contributed by atoms with Crippen molar-refractivity contribution in [2.24, 2.45) is 0 Å². The standard InChI is InChI=1S/C44H26OS/c1-2-13-28(14-3-1)40-42-37(25-24-36-31-16-10-11-21-38(31)46-44(36)42)45-43(40)41-34-19-8-6-17-32(34)39(33-18-7-9-20-35(33)41)30-23-22-27-12-4-5-15-29(27)26-30/h1-26H. The number of furan rings is 1. The first-order valence-electron chi connectivity index (χ1n) is 15.7. The maximum Gasteiger partial charge on any atom is 0.144 e. The zero-order valence-corrected chi connectivity index (χ0v) is 25.6. The smallest absolute Gasteiger partial charge is 0.144 e. The van der Waals surface area contributed by atoms with E-state index in [9.17, 15) is 0 Å². The molecule has 8 aromatic carbocycles. The highest BCUT2D eigenvalue weighted by Gasteiger charge is 2.25. The molecule has 0 bridgehead atoms. The van der Waals surface area contributed by atoms with Crippen LogP contribution in [0.2, 0.25) is 0 Å². The van der Waals surface area contributed by atoms with E-state index in [0.717, 1.165) is 28.0 Å². The van der Waals surface area contributed by atoms with Crippen molar-refractivity contribution in [1.29, 1.82) is 0 Å². The normalized spacial score (nSPS) is 11.9. The molecule has 2 heteroatoms. The molecule has 46 heavy (non-hydrogen) atoms. The van der Waals surface area contributed by atoms with E-state index in [1.165, 1.54) is 69.0 Å². The van der Waals surface area contributed by atoms with Gasteiger partial charge in [-0.05, 0) is 73.3 Å². The second-order valence-corrected chi connectivity index (χ2v) is 13.0. The van der Waals surface area contributed by atoms with E-state index in [0.29, 0.717) is 0 Å². The van der Waals surface area contributed by atoms with Gasteiger partial charge in [0.2, 0.25) is 0 Å². The summed E-state index contributed by atoms with van der Waals surface area (Å²) < 4.78 is 9.64. The summed E-state index contributed by atoms with van der Waals surface area (Å²) >= 11 is 1.86. The van der Waals surface area contributed by atoms with Crippen LogP contribution in [0, 0.1) is 0 Å². The highest BCUT2D eigenvalue weighted by atomic mass is 32.1. The topological polar surface area (TPSA) is 13.1 Å². The van der Waals surface area contributed by atoms with Crippen molar-refractivity contribution >= 4 is 74.8 Å². The van der Waals surface area contributed by atoms with Gasteiger partial charge in [0.1, 0.15) is 11.3 Å². The molecule has 0 radical (unpaired) electrons. The molecule has 0 aliphatic heterocycles. The van der Waals surface area contributed by atoms with Crippen LogP contribution in [0.1, 0.15) is 0 Å². The van der Waals surface area contributed by atoms with Crippen LogP contribution < -0.4 is 0 Å². The lowest BCUT2D eigenvalue weighted by Crippen LogP contribution is -1.91. The maximum atomic E-state index is 7.07. The molecule has 0 N–H and O–H groups in total. The summed E-state index contributed by atoms with van der Waals surface area (Å²) in [6.07, 6.45) is 0. The van der Waals surface area contributed by atoms with Crippen molar-refractivity contribution < 1.29 is 4.42 Å². The molecule has 0 amide bonds. The third-order valence-corrected chi connectivity index (χ3v) is 10.7. The van der Waals surface area contributed by atoms with E-state index in [4.69, 9.17) is 4.42 Å². The Kier molecular flexibility index (Phi) is 5.51. The highest BCUT2D eigenvalue weighted by molar-refractivity contribution is 7.26. The average molecular weight is 603 g/mol. The van der Waals surface area contributed by atoms with Crippen molar-refractivity contribution in [1.82, 2.24) is 0 Å². The van der Waals surface area contributed by atoms with Crippen molar-refractivity contribution in [2.75, 3.05) is 0 Å². The van der Waals surface area contributed by atoms with Crippen LogP contribution in [0.4, 0.5) is 0 Å². The molecular formula is C44H26OS. The van der Waals surface area contributed by atoms with Crippen LogP contribution in [0.3, 0.4) is 0 Å². The Hall–Kier alpha value is -5.70. The average Bonchev–Trinajstić information content (AvgIpc) is 3.69. The minimum absolute atomic E-state index is 0.916. The Balaban J connectivity index is 1.37. The summed E-state index contributed by atoms with van der Waals surface area (Å²) in [6.45, 7) is 0. The molecule has 0 atom stereocenters. The van der Waals surface area contributed by atoms with E-state index in [-0.39, 0.29) is 0 Å². The summed E-state index contributed by atoms with van der Waals surface area (Å²) in [7, 11) is 0. The third kappa shape index (κ3) is 3.68. The highest BCUT2D eigenvalue weighted by Crippen LogP contribution is 2.51. The maximum absolute atomic E-state index is 7.07. The van der Waals surface area contributed by atoms with Crippen molar-refractivity contribution in [3.05, 3.63) is 158 Å². The lowest BCUT2D eigenvalue weighted by atomic mass is 9.85. The fourth-order valence-corrected chi connectivity index (χ4v) is 8.70. The SMILES string of the molecule is c1ccc(-c2c(-c3c4ccccc4c(-c4ccc5ccccc5c4)c4ccccc34)oc3ccc4c5ccccc5sc4c23)cc1. The van der Waals surface area contributed by atoms with Crippen molar-refractivity contribution in [3.8, 4) is 33.6 Å². The Morgan fingerprint density at radius 3 is 1.74 bits per heavy atom. The number of rotatable bonds is 3. The largest absolute Gasteiger partial charge is 0.455 e. The molecule has 2 aromatic heterocycles. The first kappa shape index (κ1) is 25.6. The Bertz CT molecular complexity index is 2740. The molecule has 0 saturated carbocycles. The molecule has 0 saturated heterocycles. The van der Waals surface area contributed by atoms with E-state index in [2.05, 4.69) is 158 Å². The van der Waals surface area contributed by atoms with Gasteiger partial charge >= 0.3 is 0 Å². The Labute approximate surface area is 269 Å². The number of benzene rings is 8. The van der Waals surface area contributed by atoms with Crippen LogP contribution in [0.5, 0.6) is 0 Å². The molecule has 1 nitrogen and oxygen atoms in total. The fourth-order valence-electron chi connectivity index (χ4n) is 7.45. The number of hydrogen-bond acceptors (Lipinski definition) is 2.